The number of hydroxylamine groups is 1. The molecule has 1 aliphatic rings. The average Bonchev–Trinajstić information content (AvgIpc) is 3.50. The summed E-state index contributed by atoms with van der Waals surface area (Å²) < 4.78 is 12.6. The number of ether oxygens (including phenoxy) is 2. The molecular formula is C25H20N6O4. The van der Waals surface area contributed by atoms with Crippen LogP contribution in [0.25, 0.3) is 16.6 Å². The van der Waals surface area contributed by atoms with Crippen molar-refractivity contribution in [3.05, 3.63) is 88.7 Å². The van der Waals surface area contributed by atoms with Crippen LogP contribution in [0.2, 0.25) is 0 Å². The van der Waals surface area contributed by atoms with E-state index in [-0.39, 0.29) is 12.7 Å². The maximum absolute atomic E-state index is 11.6. The molecule has 2 aromatic heterocycles. The van der Waals surface area contributed by atoms with Crippen molar-refractivity contribution in [1.29, 1.82) is 0 Å². The second kappa shape index (κ2) is 8.26. The van der Waals surface area contributed by atoms with Gasteiger partial charge in [0.25, 0.3) is 5.91 Å². The lowest BCUT2D eigenvalue weighted by Gasteiger charge is -2.09. The number of fused-ring (bicyclic) bond motifs is 4. The Kier molecular flexibility index (Phi) is 4.93. The van der Waals surface area contributed by atoms with E-state index in [2.05, 4.69) is 10.1 Å². The van der Waals surface area contributed by atoms with Gasteiger partial charge in [-0.15, -0.1) is 5.10 Å². The van der Waals surface area contributed by atoms with Gasteiger partial charge in [-0.25, -0.2) is 10.5 Å². The van der Waals surface area contributed by atoms with Crippen LogP contribution in [0.3, 0.4) is 0 Å². The number of carbonyl (C=O) groups excluding carboxylic acids is 1. The van der Waals surface area contributed by atoms with Crippen LogP contribution in [-0.2, 0) is 12.8 Å². The fourth-order valence-electron chi connectivity index (χ4n) is 4.26. The number of aromatic nitrogens is 4. The highest BCUT2D eigenvalue weighted by Gasteiger charge is 2.17. The summed E-state index contributed by atoms with van der Waals surface area (Å²) in [7, 11) is 0. The molecular weight excluding hydrogens is 448 g/mol. The lowest BCUT2D eigenvalue weighted by molar-refractivity contribution is 0.0706. The van der Waals surface area contributed by atoms with E-state index >= 15 is 0 Å². The van der Waals surface area contributed by atoms with Crippen LogP contribution in [-0.4, -0.2) is 37.5 Å². The molecule has 3 heterocycles. The van der Waals surface area contributed by atoms with Crippen LogP contribution in [0.1, 0.15) is 32.9 Å². The quantitative estimate of drug-likeness (QED) is 0.265. The van der Waals surface area contributed by atoms with Crippen molar-refractivity contribution in [3.8, 4) is 11.5 Å². The lowest BCUT2D eigenvalue weighted by atomic mass is 10.0. The molecule has 0 atom stereocenters. The minimum atomic E-state index is -0.543. The molecule has 35 heavy (non-hydrogen) atoms. The van der Waals surface area contributed by atoms with Gasteiger partial charge in [-0.05, 0) is 59.5 Å². The van der Waals surface area contributed by atoms with Crippen molar-refractivity contribution in [1.82, 2.24) is 25.1 Å². The molecule has 0 radical (unpaired) electrons. The third kappa shape index (κ3) is 3.85. The Labute approximate surface area is 198 Å². The van der Waals surface area contributed by atoms with E-state index in [0.29, 0.717) is 35.6 Å². The predicted octanol–water partition coefficient (Wildman–Crippen LogP) is 2.89. The van der Waals surface area contributed by atoms with Gasteiger partial charge in [-0.3, -0.25) is 10.0 Å². The van der Waals surface area contributed by atoms with Gasteiger partial charge in [0.1, 0.15) is 5.82 Å². The van der Waals surface area contributed by atoms with E-state index in [1.807, 2.05) is 48.5 Å². The van der Waals surface area contributed by atoms with Gasteiger partial charge in [0, 0.05) is 17.4 Å². The minimum Gasteiger partial charge on any atom is -0.454 e. The monoisotopic (exact) mass is 468 g/mol. The van der Waals surface area contributed by atoms with Gasteiger partial charge in [-0.2, -0.15) is 9.50 Å². The first-order valence-corrected chi connectivity index (χ1v) is 10.9. The number of carbonyl (C=O) groups is 1. The van der Waals surface area contributed by atoms with E-state index in [1.165, 1.54) is 0 Å². The Hall–Kier alpha value is -4.70. The molecule has 1 aliphatic heterocycles. The zero-order chi connectivity index (χ0) is 23.9. The minimum absolute atomic E-state index is 0.183. The largest absolute Gasteiger partial charge is 0.454 e. The fraction of sp³-hybridized carbons (Fsp3) is 0.120. The van der Waals surface area contributed by atoms with Crippen LogP contribution in [0.4, 0.5) is 5.95 Å². The Morgan fingerprint density at radius 3 is 2.51 bits per heavy atom. The number of anilines is 1. The third-order valence-corrected chi connectivity index (χ3v) is 5.95. The highest BCUT2D eigenvalue weighted by atomic mass is 16.7. The Balaban J connectivity index is 1.36. The van der Waals surface area contributed by atoms with Gasteiger partial charge in [0.2, 0.25) is 12.7 Å². The Bertz CT molecular complexity index is 1600. The molecule has 0 aliphatic carbocycles. The van der Waals surface area contributed by atoms with Crippen molar-refractivity contribution in [3.63, 3.8) is 0 Å². The van der Waals surface area contributed by atoms with Crippen molar-refractivity contribution in [2.45, 2.75) is 12.8 Å². The van der Waals surface area contributed by atoms with E-state index < -0.39 is 5.91 Å². The van der Waals surface area contributed by atoms with E-state index in [4.69, 9.17) is 25.4 Å². The third-order valence-electron chi connectivity index (χ3n) is 5.95. The number of rotatable bonds is 5. The number of nitrogens with zero attached hydrogens (tertiary/aromatic N) is 4. The van der Waals surface area contributed by atoms with Crippen LogP contribution >= 0.6 is 0 Å². The molecule has 0 unspecified atom stereocenters. The molecule has 3 aromatic carbocycles. The van der Waals surface area contributed by atoms with Gasteiger partial charge >= 0.3 is 0 Å². The van der Waals surface area contributed by atoms with Crippen molar-refractivity contribution in [2.24, 2.45) is 0 Å². The van der Waals surface area contributed by atoms with Crippen molar-refractivity contribution in [2.75, 3.05) is 12.5 Å². The normalized spacial score (nSPS) is 12.4. The molecule has 174 valence electrons. The molecule has 0 fully saturated rings. The molecule has 0 saturated carbocycles. The predicted molar refractivity (Wildman–Crippen MR) is 127 cm³/mol. The number of amides is 1. The molecule has 0 bridgehead atoms. The van der Waals surface area contributed by atoms with Gasteiger partial charge < -0.3 is 15.2 Å². The summed E-state index contributed by atoms with van der Waals surface area (Å²) in [4.78, 5) is 20.9. The van der Waals surface area contributed by atoms with Crippen LogP contribution in [0, 0.1) is 0 Å². The molecule has 10 heteroatoms. The number of nitrogen functional groups attached to an aromatic ring is 1. The van der Waals surface area contributed by atoms with Crippen LogP contribution < -0.4 is 20.7 Å². The average molecular weight is 468 g/mol. The second-order valence-corrected chi connectivity index (χ2v) is 8.26. The maximum Gasteiger partial charge on any atom is 0.274 e. The fourth-order valence-corrected chi connectivity index (χ4v) is 4.26. The van der Waals surface area contributed by atoms with Crippen molar-refractivity contribution >= 4 is 28.4 Å². The summed E-state index contributed by atoms with van der Waals surface area (Å²) in [6.07, 6.45) is 1.15. The second-order valence-electron chi connectivity index (χ2n) is 8.26. The summed E-state index contributed by atoms with van der Waals surface area (Å²) >= 11 is 0. The maximum atomic E-state index is 11.6. The van der Waals surface area contributed by atoms with E-state index in [0.717, 1.165) is 33.3 Å². The summed E-state index contributed by atoms with van der Waals surface area (Å²) in [5.74, 6) is 1.78. The van der Waals surface area contributed by atoms with E-state index in [9.17, 15) is 4.79 Å². The Morgan fingerprint density at radius 1 is 0.943 bits per heavy atom. The van der Waals surface area contributed by atoms with Crippen LogP contribution in [0.5, 0.6) is 11.5 Å². The Morgan fingerprint density at radius 2 is 1.69 bits per heavy atom. The molecule has 10 nitrogen and oxygen atoms in total. The summed E-state index contributed by atoms with van der Waals surface area (Å²) in [5, 5.41) is 14.0. The first-order chi connectivity index (χ1) is 17.1. The molecule has 4 N–H and O–H groups in total. The molecule has 5 aromatic rings. The molecule has 0 spiro atoms. The molecule has 0 saturated heterocycles. The van der Waals surface area contributed by atoms with Gasteiger partial charge in [0.05, 0.1) is 5.52 Å². The number of benzene rings is 3. The number of nitrogens with one attached hydrogen (secondary N) is 1. The molecule has 6 rings (SSSR count). The zero-order valence-electron chi connectivity index (χ0n) is 18.4. The van der Waals surface area contributed by atoms with Crippen LogP contribution in [0.15, 0.2) is 60.7 Å². The number of nitrogens with two attached hydrogens (primary N) is 1. The van der Waals surface area contributed by atoms with Crippen molar-refractivity contribution < 1.29 is 19.5 Å². The highest BCUT2D eigenvalue weighted by Crippen LogP contribution is 2.33. The highest BCUT2D eigenvalue weighted by molar-refractivity contribution is 5.93. The van der Waals surface area contributed by atoms with Gasteiger partial charge in [0.15, 0.2) is 17.1 Å². The molecule has 1 amide bonds. The zero-order valence-corrected chi connectivity index (χ0v) is 18.4. The standard InChI is InChI=1S/C25H20N6O4/c26-25-28-23-18-7-3-15(9-14-1-5-17(6-2-14)24(32)30-33)10-19(18)27-22(31(23)29-25)12-16-4-8-20-21(11-16)35-13-34-20/h1-8,10-11,33H,9,12-13H2,(H2,26,29)(H,30,32). The number of hydrogen-bond acceptors (Lipinski definition) is 8. The first kappa shape index (κ1) is 20.9. The topological polar surface area (TPSA) is 137 Å². The smallest absolute Gasteiger partial charge is 0.274 e. The lowest BCUT2D eigenvalue weighted by Crippen LogP contribution is -2.18. The SMILES string of the molecule is Nc1nc2c3ccc(Cc4ccc(C(=O)NO)cc4)cc3nc(Cc3ccc4c(c3)OCO4)n2n1. The van der Waals surface area contributed by atoms with E-state index in [1.54, 1.807) is 22.1 Å². The van der Waals surface area contributed by atoms with Gasteiger partial charge in [-0.1, -0.05) is 24.3 Å². The summed E-state index contributed by atoms with van der Waals surface area (Å²) in [6.45, 7) is 0.219. The summed E-state index contributed by atoms with van der Waals surface area (Å²) in [5.41, 5.74) is 12.5. The summed E-state index contributed by atoms with van der Waals surface area (Å²) in [6, 6.07) is 18.9. The number of hydrogen-bond donors (Lipinski definition) is 3. The first-order valence-electron chi connectivity index (χ1n) is 10.9.